The maximum Gasteiger partial charge on any atom is 0.335 e. The van der Waals surface area contributed by atoms with Crippen molar-refractivity contribution in [3.8, 4) is 22.3 Å². The fourth-order valence-electron chi connectivity index (χ4n) is 4.90. The predicted molar refractivity (Wildman–Crippen MR) is 119 cm³/mol. The van der Waals surface area contributed by atoms with E-state index in [4.69, 9.17) is 9.51 Å². The third-order valence-electron chi connectivity index (χ3n) is 6.37. The van der Waals surface area contributed by atoms with Crippen molar-refractivity contribution in [2.75, 3.05) is 0 Å². The number of nitrogens with zero attached hydrogens (tertiary/aromatic N) is 3. The van der Waals surface area contributed by atoms with E-state index >= 15 is 0 Å². The molecule has 3 heterocycles. The normalized spacial score (nSPS) is 20.4. The van der Waals surface area contributed by atoms with Crippen molar-refractivity contribution in [2.45, 2.75) is 45.8 Å². The Morgan fingerprint density at radius 1 is 1.25 bits per heavy atom. The maximum atomic E-state index is 14.1. The largest absolute Gasteiger partial charge is 0.478 e. The topological polar surface area (TPSA) is 81.2 Å². The highest BCUT2D eigenvalue weighted by Crippen LogP contribution is 2.43. The number of halogens is 1. The molecule has 7 heteroatoms. The van der Waals surface area contributed by atoms with Gasteiger partial charge in [-0.05, 0) is 63.3 Å². The van der Waals surface area contributed by atoms with Crippen LogP contribution in [0, 0.1) is 19.8 Å². The molecule has 0 atom stereocenters. The summed E-state index contributed by atoms with van der Waals surface area (Å²) in [5.74, 6) is 0.0458. The first-order valence-electron chi connectivity index (χ1n) is 10.7. The molecule has 1 aliphatic carbocycles. The summed E-state index contributed by atoms with van der Waals surface area (Å²) in [7, 11) is 0. The molecule has 3 aromatic heterocycles. The smallest absolute Gasteiger partial charge is 0.335 e. The molecule has 0 saturated heterocycles. The summed E-state index contributed by atoms with van der Waals surface area (Å²) < 4.78 is 21.6. The molecule has 0 spiro atoms. The molecule has 0 radical (unpaired) electrons. The summed E-state index contributed by atoms with van der Waals surface area (Å²) in [6.45, 7) is 6.14. The van der Waals surface area contributed by atoms with Crippen LogP contribution in [-0.2, 0) is 6.54 Å². The van der Waals surface area contributed by atoms with E-state index in [-0.39, 0.29) is 11.5 Å². The second-order valence-electron chi connectivity index (χ2n) is 9.06. The van der Waals surface area contributed by atoms with E-state index in [1.807, 2.05) is 26.2 Å². The third kappa shape index (κ3) is 3.47. The summed E-state index contributed by atoms with van der Waals surface area (Å²) in [6.07, 6.45) is 4.95. The van der Waals surface area contributed by atoms with E-state index in [2.05, 4.69) is 15.8 Å². The van der Waals surface area contributed by atoms with Crippen molar-refractivity contribution in [1.82, 2.24) is 14.7 Å². The molecule has 0 unspecified atom stereocenters. The van der Waals surface area contributed by atoms with Gasteiger partial charge >= 0.3 is 5.97 Å². The van der Waals surface area contributed by atoms with Gasteiger partial charge in [-0.25, -0.2) is 9.18 Å². The van der Waals surface area contributed by atoms with Crippen LogP contribution in [0.4, 0.5) is 4.39 Å². The van der Waals surface area contributed by atoms with E-state index in [0.717, 1.165) is 44.7 Å². The molecular formula is C25H24FN3O3. The highest BCUT2D eigenvalue weighted by Gasteiger charge is 2.40. The van der Waals surface area contributed by atoms with Crippen LogP contribution in [0.3, 0.4) is 0 Å². The average molecular weight is 433 g/mol. The number of aromatic nitrogens is 3. The molecule has 0 amide bonds. The molecule has 4 aromatic rings. The standard InChI is InChI=1S/C25H24FN3O3/c1-14-22(15(2)32-28-14)19-8-21-23(27-11-19)20(17-4-6-18(7-5-17)24(30)31)13-29(21)12-16-9-25(3,26)10-16/h4-8,11,13,16H,9-10,12H2,1-3H3,(H,30,31). The number of fused-ring (bicyclic) bond motifs is 1. The van der Waals surface area contributed by atoms with Crippen molar-refractivity contribution in [3.63, 3.8) is 0 Å². The van der Waals surface area contributed by atoms with E-state index in [0.29, 0.717) is 19.4 Å². The van der Waals surface area contributed by atoms with Crippen LogP contribution in [0.15, 0.2) is 47.2 Å². The molecule has 1 aliphatic rings. The minimum atomic E-state index is -1.08. The molecule has 164 valence electrons. The zero-order valence-electron chi connectivity index (χ0n) is 18.2. The van der Waals surface area contributed by atoms with Crippen LogP contribution in [-0.4, -0.2) is 31.5 Å². The second-order valence-corrected chi connectivity index (χ2v) is 9.06. The van der Waals surface area contributed by atoms with Crippen molar-refractivity contribution in [1.29, 1.82) is 0 Å². The minimum Gasteiger partial charge on any atom is -0.478 e. The molecule has 32 heavy (non-hydrogen) atoms. The van der Waals surface area contributed by atoms with Gasteiger partial charge in [0.1, 0.15) is 11.4 Å². The first kappa shape index (κ1) is 20.4. The Balaban J connectivity index is 1.62. The van der Waals surface area contributed by atoms with Crippen molar-refractivity contribution in [2.24, 2.45) is 5.92 Å². The molecule has 6 nitrogen and oxygen atoms in total. The first-order chi connectivity index (χ1) is 15.2. The summed E-state index contributed by atoms with van der Waals surface area (Å²) in [5.41, 5.74) is 5.40. The van der Waals surface area contributed by atoms with Crippen LogP contribution in [0.1, 0.15) is 41.6 Å². The summed E-state index contributed by atoms with van der Waals surface area (Å²) in [6, 6.07) is 8.87. The lowest BCUT2D eigenvalue weighted by atomic mass is 9.73. The predicted octanol–water partition coefficient (Wildman–Crippen LogP) is 5.81. The maximum absolute atomic E-state index is 14.1. The SMILES string of the molecule is Cc1noc(C)c1-c1cnc2c(-c3ccc(C(=O)O)cc3)cn(CC3CC(C)(F)C3)c2c1. The number of carboxylic acids is 1. The summed E-state index contributed by atoms with van der Waals surface area (Å²) >= 11 is 0. The van der Waals surface area contributed by atoms with Crippen LogP contribution < -0.4 is 0 Å². The lowest BCUT2D eigenvalue weighted by Crippen LogP contribution is -2.38. The number of alkyl halides is 1. The van der Waals surface area contributed by atoms with Crippen LogP contribution in [0.25, 0.3) is 33.3 Å². The first-order valence-corrected chi connectivity index (χ1v) is 10.7. The van der Waals surface area contributed by atoms with Gasteiger partial charge in [0.25, 0.3) is 0 Å². The molecule has 1 saturated carbocycles. The number of hydrogen-bond donors (Lipinski definition) is 1. The zero-order chi connectivity index (χ0) is 22.6. The number of aryl methyl sites for hydroxylation is 2. The quantitative estimate of drug-likeness (QED) is 0.429. The highest BCUT2D eigenvalue weighted by atomic mass is 19.1. The van der Waals surface area contributed by atoms with Gasteiger partial charge in [-0.15, -0.1) is 0 Å². The number of rotatable bonds is 5. The van der Waals surface area contributed by atoms with Crippen molar-refractivity contribution in [3.05, 3.63) is 59.7 Å². The van der Waals surface area contributed by atoms with Gasteiger partial charge < -0.3 is 14.2 Å². The highest BCUT2D eigenvalue weighted by molar-refractivity contribution is 5.96. The Labute approximate surface area is 184 Å². The molecular weight excluding hydrogens is 409 g/mol. The van der Waals surface area contributed by atoms with Gasteiger partial charge in [-0.1, -0.05) is 17.3 Å². The van der Waals surface area contributed by atoms with E-state index < -0.39 is 11.6 Å². The molecule has 5 rings (SSSR count). The monoisotopic (exact) mass is 433 g/mol. The number of hydrogen-bond acceptors (Lipinski definition) is 4. The number of pyridine rings is 1. The number of carboxylic acid groups (broad SMARTS) is 1. The summed E-state index contributed by atoms with van der Waals surface area (Å²) in [4.78, 5) is 16.0. The van der Waals surface area contributed by atoms with Crippen LogP contribution in [0.5, 0.6) is 0 Å². The van der Waals surface area contributed by atoms with Gasteiger partial charge in [-0.2, -0.15) is 0 Å². The lowest BCUT2D eigenvalue weighted by Gasteiger charge is -2.39. The van der Waals surface area contributed by atoms with E-state index in [9.17, 15) is 14.3 Å². The number of benzene rings is 1. The fourth-order valence-corrected chi connectivity index (χ4v) is 4.90. The molecule has 1 aromatic carbocycles. The molecule has 1 fully saturated rings. The summed E-state index contributed by atoms with van der Waals surface area (Å²) in [5, 5.41) is 13.3. The van der Waals surface area contributed by atoms with Gasteiger partial charge in [0.05, 0.1) is 22.3 Å². The van der Waals surface area contributed by atoms with Crippen LogP contribution >= 0.6 is 0 Å². The Morgan fingerprint density at radius 3 is 2.56 bits per heavy atom. The third-order valence-corrected chi connectivity index (χ3v) is 6.37. The fraction of sp³-hybridized carbons (Fsp3) is 0.320. The molecule has 0 bridgehead atoms. The van der Waals surface area contributed by atoms with Gasteiger partial charge in [0, 0.05) is 35.6 Å². The van der Waals surface area contributed by atoms with Crippen molar-refractivity contribution < 1.29 is 18.8 Å². The van der Waals surface area contributed by atoms with E-state index in [1.54, 1.807) is 31.2 Å². The lowest BCUT2D eigenvalue weighted by molar-refractivity contribution is 0.0178. The van der Waals surface area contributed by atoms with Gasteiger partial charge in [-0.3, -0.25) is 4.98 Å². The van der Waals surface area contributed by atoms with Crippen LogP contribution in [0.2, 0.25) is 0 Å². The van der Waals surface area contributed by atoms with Gasteiger partial charge in [0.2, 0.25) is 0 Å². The Morgan fingerprint density at radius 2 is 1.97 bits per heavy atom. The van der Waals surface area contributed by atoms with Crippen molar-refractivity contribution >= 4 is 17.0 Å². The zero-order valence-corrected chi connectivity index (χ0v) is 18.2. The average Bonchev–Trinajstić information content (AvgIpc) is 3.26. The van der Waals surface area contributed by atoms with Gasteiger partial charge in [0.15, 0.2) is 0 Å². The second kappa shape index (κ2) is 7.29. The minimum absolute atomic E-state index is 0.239. The molecule has 1 N–H and O–H groups in total. The number of carbonyl (C=O) groups is 1. The van der Waals surface area contributed by atoms with E-state index in [1.165, 1.54) is 0 Å². The Hall–Kier alpha value is -3.48. The Kier molecular flexibility index (Phi) is 4.65. The molecule has 0 aliphatic heterocycles. The number of aromatic carboxylic acids is 1. The Bertz CT molecular complexity index is 1310.